The van der Waals surface area contributed by atoms with E-state index in [0.29, 0.717) is 8.95 Å². The van der Waals surface area contributed by atoms with Crippen molar-refractivity contribution in [3.8, 4) is 5.69 Å². The van der Waals surface area contributed by atoms with Gasteiger partial charge in [0.15, 0.2) is 5.69 Å². The van der Waals surface area contributed by atoms with E-state index in [9.17, 15) is 26.3 Å². The van der Waals surface area contributed by atoms with Crippen molar-refractivity contribution in [2.45, 2.75) is 12.4 Å². The van der Waals surface area contributed by atoms with Gasteiger partial charge in [-0.2, -0.15) is 31.4 Å². The van der Waals surface area contributed by atoms with E-state index in [1.807, 2.05) is 0 Å². The molecule has 1 aromatic heterocycles. The summed E-state index contributed by atoms with van der Waals surface area (Å²) < 4.78 is 77.4. The maximum absolute atomic E-state index is 12.9. The SMILES string of the molecule is FC(F)(F)c1cc(C(F)(F)F)n(-c2cc(Br)cc(Br)c2)n1. The van der Waals surface area contributed by atoms with Gasteiger partial charge in [-0.15, -0.1) is 0 Å². The lowest BCUT2D eigenvalue weighted by Gasteiger charge is -2.10. The summed E-state index contributed by atoms with van der Waals surface area (Å²) in [6.07, 6.45) is -9.93. The second-order valence-electron chi connectivity index (χ2n) is 3.95. The Morgan fingerprint density at radius 3 is 1.76 bits per heavy atom. The zero-order valence-electron chi connectivity index (χ0n) is 9.73. The molecule has 2 aromatic rings. The Hall–Kier alpha value is -1.03. The molecule has 114 valence electrons. The molecule has 0 spiro atoms. The van der Waals surface area contributed by atoms with Crippen molar-refractivity contribution in [1.29, 1.82) is 0 Å². The minimum absolute atomic E-state index is 0.0190. The van der Waals surface area contributed by atoms with Crippen LogP contribution in [0.3, 0.4) is 0 Å². The molecule has 0 radical (unpaired) electrons. The number of hydrogen-bond acceptors (Lipinski definition) is 1. The van der Waals surface area contributed by atoms with Gasteiger partial charge in [0.2, 0.25) is 0 Å². The fourth-order valence-electron chi connectivity index (χ4n) is 1.58. The van der Waals surface area contributed by atoms with Crippen molar-refractivity contribution in [3.63, 3.8) is 0 Å². The summed E-state index contributed by atoms with van der Waals surface area (Å²) >= 11 is 6.11. The van der Waals surface area contributed by atoms with Crippen LogP contribution < -0.4 is 0 Å². The van der Waals surface area contributed by atoms with Crippen molar-refractivity contribution in [2.24, 2.45) is 0 Å². The molecule has 2 rings (SSSR count). The summed E-state index contributed by atoms with van der Waals surface area (Å²) in [5.41, 5.74) is -3.26. The van der Waals surface area contributed by atoms with Gasteiger partial charge in [-0.3, -0.25) is 0 Å². The summed E-state index contributed by atoms with van der Waals surface area (Å²) in [7, 11) is 0. The fraction of sp³-hybridized carbons (Fsp3) is 0.182. The Labute approximate surface area is 131 Å². The molecule has 0 saturated carbocycles. The normalized spacial score (nSPS) is 12.8. The topological polar surface area (TPSA) is 17.8 Å². The van der Waals surface area contributed by atoms with Crippen LogP contribution in [0.25, 0.3) is 5.69 Å². The van der Waals surface area contributed by atoms with Gasteiger partial charge < -0.3 is 0 Å². The molecular weight excluding hydrogens is 434 g/mol. The van der Waals surface area contributed by atoms with Crippen molar-refractivity contribution in [2.75, 3.05) is 0 Å². The molecule has 0 fully saturated rings. The summed E-state index contributed by atoms with van der Waals surface area (Å²) in [5.74, 6) is 0. The summed E-state index contributed by atoms with van der Waals surface area (Å²) in [6, 6.07) is 3.97. The molecule has 0 N–H and O–H groups in total. The maximum atomic E-state index is 12.9. The van der Waals surface area contributed by atoms with E-state index in [2.05, 4.69) is 37.0 Å². The number of hydrogen-bond donors (Lipinski definition) is 0. The van der Waals surface area contributed by atoms with Gasteiger partial charge in [-0.25, -0.2) is 4.68 Å². The third kappa shape index (κ3) is 3.60. The molecule has 0 aliphatic rings. The lowest BCUT2D eigenvalue weighted by molar-refractivity contribution is -0.143. The number of benzene rings is 1. The second-order valence-corrected chi connectivity index (χ2v) is 5.78. The third-order valence-electron chi connectivity index (χ3n) is 2.38. The molecule has 1 heterocycles. The molecule has 0 atom stereocenters. The van der Waals surface area contributed by atoms with Crippen molar-refractivity contribution in [1.82, 2.24) is 9.78 Å². The van der Waals surface area contributed by atoms with Crippen LogP contribution in [0.4, 0.5) is 26.3 Å². The van der Waals surface area contributed by atoms with Gasteiger partial charge in [-0.1, -0.05) is 31.9 Å². The van der Waals surface area contributed by atoms with Gasteiger partial charge in [0, 0.05) is 15.0 Å². The molecule has 0 amide bonds. The molecule has 0 aliphatic carbocycles. The van der Waals surface area contributed by atoms with E-state index in [1.54, 1.807) is 0 Å². The molecule has 2 nitrogen and oxygen atoms in total. The van der Waals surface area contributed by atoms with Gasteiger partial charge in [-0.05, 0) is 18.2 Å². The first-order valence-corrected chi connectivity index (χ1v) is 6.78. The lowest BCUT2D eigenvalue weighted by Crippen LogP contribution is -2.13. The summed E-state index contributed by atoms with van der Waals surface area (Å²) in [4.78, 5) is 0. The smallest absolute Gasteiger partial charge is 0.228 e. The Bertz CT molecular complexity index is 654. The molecule has 0 bridgehead atoms. The van der Waals surface area contributed by atoms with Crippen LogP contribution in [0.15, 0.2) is 33.2 Å². The third-order valence-corrected chi connectivity index (χ3v) is 3.30. The highest BCUT2D eigenvalue weighted by Crippen LogP contribution is 2.37. The summed E-state index contributed by atoms with van der Waals surface area (Å²) in [5, 5.41) is 3.03. The molecule has 21 heavy (non-hydrogen) atoms. The largest absolute Gasteiger partial charge is 0.435 e. The van der Waals surface area contributed by atoms with Gasteiger partial charge in [0.05, 0.1) is 5.69 Å². The average Bonchev–Trinajstić information content (AvgIpc) is 2.70. The zero-order chi connectivity index (χ0) is 16.0. The Kier molecular flexibility index (Phi) is 4.13. The monoisotopic (exact) mass is 436 g/mol. The zero-order valence-corrected chi connectivity index (χ0v) is 12.9. The quantitative estimate of drug-likeness (QED) is 0.543. The maximum Gasteiger partial charge on any atom is 0.435 e. The minimum Gasteiger partial charge on any atom is -0.228 e. The fourth-order valence-corrected chi connectivity index (χ4v) is 2.85. The first-order valence-electron chi connectivity index (χ1n) is 5.19. The van der Waals surface area contributed by atoms with Crippen LogP contribution >= 0.6 is 31.9 Å². The molecular formula is C11H4Br2F6N2. The Morgan fingerprint density at radius 2 is 1.33 bits per heavy atom. The highest BCUT2D eigenvalue weighted by Gasteiger charge is 2.42. The average molecular weight is 438 g/mol. The lowest BCUT2D eigenvalue weighted by atomic mass is 10.3. The number of alkyl halides is 6. The first kappa shape index (κ1) is 16.3. The van der Waals surface area contributed by atoms with Crippen molar-refractivity contribution < 1.29 is 26.3 Å². The number of nitrogens with zero attached hydrogens (tertiary/aromatic N) is 2. The Morgan fingerprint density at radius 1 is 0.810 bits per heavy atom. The molecule has 0 saturated heterocycles. The predicted octanol–water partition coefficient (Wildman–Crippen LogP) is 5.43. The van der Waals surface area contributed by atoms with E-state index >= 15 is 0 Å². The second kappa shape index (κ2) is 5.31. The van der Waals surface area contributed by atoms with Crippen molar-refractivity contribution in [3.05, 3.63) is 44.6 Å². The van der Waals surface area contributed by atoms with E-state index in [1.165, 1.54) is 18.2 Å². The van der Waals surface area contributed by atoms with E-state index < -0.39 is 23.7 Å². The van der Waals surface area contributed by atoms with E-state index in [4.69, 9.17) is 0 Å². The highest BCUT2D eigenvalue weighted by atomic mass is 79.9. The van der Waals surface area contributed by atoms with Gasteiger partial charge in [0.25, 0.3) is 0 Å². The van der Waals surface area contributed by atoms with Crippen LogP contribution in [0.1, 0.15) is 11.4 Å². The van der Waals surface area contributed by atoms with E-state index in [-0.39, 0.29) is 16.4 Å². The van der Waals surface area contributed by atoms with Crippen LogP contribution in [0.2, 0.25) is 0 Å². The number of rotatable bonds is 1. The van der Waals surface area contributed by atoms with Crippen LogP contribution in [0.5, 0.6) is 0 Å². The number of aromatic nitrogens is 2. The van der Waals surface area contributed by atoms with Crippen molar-refractivity contribution >= 4 is 31.9 Å². The highest BCUT2D eigenvalue weighted by molar-refractivity contribution is 9.11. The Balaban J connectivity index is 2.69. The first-order chi connectivity index (χ1) is 9.48. The number of halogens is 8. The van der Waals surface area contributed by atoms with E-state index in [0.717, 1.165) is 0 Å². The van der Waals surface area contributed by atoms with Crippen LogP contribution in [-0.2, 0) is 12.4 Å². The van der Waals surface area contributed by atoms with Crippen LogP contribution in [0, 0.1) is 0 Å². The molecule has 0 aliphatic heterocycles. The summed E-state index contributed by atoms with van der Waals surface area (Å²) in [6.45, 7) is 0. The minimum atomic E-state index is -4.97. The predicted molar refractivity (Wildman–Crippen MR) is 69.0 cm³/mol. The van der Waals surface area contributed by atoms with Crippen LogP contribution in [-0.4, -0.2) is 9.78 Å². The van der Waals surface area contributed by atoms with Gasteiger partial charge >= 0.3 is 12.4 Å². The molecule has 0 unspecified atom stereocenters. The molecule has 10 heteroatoms. The van der Waals surface area contributed by atoms with Gasteiger partial charge in [0.1, 0.15) is 5.69 Å². The standard InChI is InChI=1S/C11H4Br2F6N2/c12-5-1-6(13)3-7(2-5)21-9(11(17,18)19)4-8(20-21)10(14,15)16/h1-4H. The molecule has 1 aromatic carbocycles.